The fourth-order valence-electron chi connectivity index (χ4n) is 3.90. The van der Waals surface area contributed by atoms with Gasteiger partial charge in [-0.15, -0.1) is 21.5 Å². The van der Waals surface area contributed by atoms with Crippen molar-refractivity contribution in [3.63, 3.8) is 0 Å². The van der Waals surface area contributed by atoms with Gasteiger partial charge in [0.15, 0.2) is 0 Å². The summed E-state index contributed by atoms with van der Waals surface area (Å²) >= 11 is 1.55. The quantitative estimate of drug-likeness (QED) is 0.479. The molecule has 0 spiro atoms. The maximum atomic E-state index is 12.9. The second-order valence-corrected chi connectivity index (χ2v) is 9.19. The summed E-state index contributed by atoms with van der Waals surface area (Å²) in [6, 6.07) is 17.3. The molecule has 1 aliphatic rings. The number of amides is 1. The Balaban J connectivity index is 1.33. The lowest BCUT2D eigenvalue weighted by Gasteiger charge is -2.16. The highest BCUT2D eigenvalue weighted by Crippen LogP contribution is 2.56. The Morgan fingerprint density at radius 2 is 2.03 bits per heavy atom. The van der Waals surface area contributed by atoms with Gasteiger partial charge in [-0.05, 0) is 37.1 Å². The zero-order valence-electron chi connectivity index (χ0n) is 17.9. The molecule has 7 nitrogen and oxygen atoms in total. The topological polar surface area (TPSA) is 98.1 Å². The van der Waals surface area contributed by atoms with E-state index in [9.17, 15) is 4.79 Å². The molecule has 1 fully saturated rings. The number of nitrogens with two attached hydrogens (primary N) is 1. The number of nitrogens with zero attached hydrogens (tertiary/aromatic N) is 4. The molecule has 2 aromatic carbocycles. The van der Waals surface area contributed by atoms with E-state index >= 15 is 0 Å². The van der Waals surface area contributed by atoms with Crippen molar-refractivity contribution in [3.8, 4) is 11.5 Å². The molecule has 5 rings (SSSR count). The molecule has 1 amide bonds. The molecule has 2 N–H and O–H groups in total. The summed E-state index contributed by atoms with van der Waals surface area (Å²) in [7, 11) is 1.77. The van der Waals surface area contributed by atoms with E-state index in [0.717, 1.165) is 17.1 Å². The fourth-order valence-corrected chi connectivity index (χ4v) is 4.72. The lowest BCUT2D eigenvalue weighted by Crippen LogP contribution is -2.26. The number of hydrogen-bond acceptors (Lipinski definition) is 7. The molecule has 0 saturated heterocycles. The van der Waals surface area contributed by atoms with Gasteiger partial charge in [0.05, 0.1) is 6.54 Å². The molecular formula is C24H23N5O2S. The third-order valence-electron chi connectivity index (χ3n) is 5.77. The van der Waals surface area contributed by atoms with Crippen LogP contribution in [0.4, 0.5) is 0 Å². The fraction of sp³-hybridized carbons (Fsp3) is 0.250. The van der Waals surface area contributed by atoms with Crippen LogP contribution in [0.1, 0.15) is 44.9 Å². The van der Waals surface area contributed by atoms with Crippen LogP contribution in [0, 0.1) is 6.92 Å². The summed E-state index contributed by atoms with van der Waals surface area (Å²) in [4.78, 5) is 19.0. The third-order valence-corrected chi connectivity index (χ3v) is 6.72. The Kier molecular flexibility index (Phi) is 5.11. The van der Waals surface area contributed by atoms with Crippen LogP contribution in [0.2, 0.25) is 0 Å². The Bertz CT molecular complexity index is 1270. The highest BCUT2D eigenvalue weighted by Gasteiger charge is 2.57. The van der Waals surface area contributed by atoms with Gasteiger partial charge in [0.1, 0.15) is 10.5 Å². The molecule has 0 bridgehead atoms. The van der Waals surface area contributed by atoms with E-state index in [0.29, 0.717) is 29.5 Å². The van der Waals surface area contributed by atoms with Crippen molar-refractivity contribution >= 4 is 17.2 Å². The lowest BCUT2D eigenvalue weighted by atomic mass is 10.1. The van der Waals surface area contributed by atoms with E-state index in [2.05, 4.69) is 27.3 Å². The Labute approximate surface area is 189 Å². The van der Waals surface area contributed by atoms with Gasteiger partial charge >= 0.3 is 0 Å². The van der Waals surface area contributed by atoms with Crippen molar-refractivity contribution in [1.82, 2.24) is 20.1 Å². The molecular weight excluding hydrogens is 422 g/mol. The van der Waals surface area contributed by atoms with Crippen LogP contribution in [0.3, 0.4) is 0 Å². The first-order chi connectivity index (χ1) is 15.4. The van der Waals surface area contributed by atoms with Gasteiger partial charge in [0.25, 0.3) is 5.91 Å². The Morgan fingerprint density at radius 1 is 1.22 bits per heavy atom. The second-order valence-electron chi connectivity index (χ2n) is 8.24. The minimum atomic E-state index is -0.647. The number of carbonyl (C=O) groups excluding carboxylic acids is 1. The maximum absolute atomic E-state index is 12.9. The summed E-state index contributed by atoms with van der Waals surface area (Å²) in [5.41, 5.74) is 9.29. The molecule has 2 heterocycles. The molecule has 8 heteroatoms. The summed E-state index contributed by atoms with van der Waals surface area (Å²) in [5, 5.41) is 11.3. The normalized spacial score (nSPS) is 19.7. The highest BCUT2D eigenvalue weighted by molar-refractivity contribution is 7.09. The van der Waals surface area contributed by atoms with Gasteiger partial charge in [-0.1, -0.05) is 36.4 Å². The van der Waals surface area contributed by atoms with E-state index in [-0.39, 0.29) is 11.8 Å². The van der Waals surface area contributed by atoms with Gasteiger partial charge in [-0.2, -0.15) is 0 Å². The van der Waals surface area contributed by atoms with Gasteiger partial charge in [-0.3, -0.25) is 4.79 Å². The molecule has 0 radical (unpaired) electrons. The van der Waals surface area contributed by atoms with E-state index in [1.54, 1.807) is 35.4 Å². The average molecular weight is 446 g/mol. The van der Waals surface area contributed by atoms with Crippen molar-refractivity contribution in [1.29, 1.82) is 0 Å². The van der Waals surface area contributed by atoms with Crippen molar-refractivity contribution in [3.05, 3.63) is 87.7 Å². The number of carbonyl (C=O) groups is 1. The van der Waals surface area contributed by atoms with Crippen LogP contribution in [0.25, 0.3) is 11.5 Å². The van der Waals surface area contributed by atoms with Crippen molar-refractivity contribution in [2.75, 3.05) is 7.05 Å². The summed E-state index contributed by atoms with van der Waals surface area (Å²) in [5.74, 6) is 0.847. The number of benzene rings is 2. The number of aromatic nitrogens is 3. The van der Waals surface area contributed by atoms with Crippen LogP contribution in [0.15, 0.2) is 64.4 Å². The molecule has 0 unspecified atom stereocenters. The number of aryl methyl sites for hydroxylation is 1. The second kappa shape index (κ2) is 7.96. The largest absolute Gasteiger partial charge is 0.419 e. The molecule has 0 aliphatic heterocycles. The predicted octanol–water partition coefficient (Wildman–Crippen LogP) is 4.12. The van der Waals surface area contributed by atoms with E-state index < -0.39 is 5.54 Å². The van der Waals surface area contributed by atoms with Crippen molar-refractivity contribution in [2.24, 2.45) is 5.73 Å². The summed E-state index contributed by atoms with van der Waals surface area (Å²) in [6.07, 6.45) is 0.762. The van der Waals surface area contributed by atoms with Crippen molar-refractivity contribution < 1.29 is 9.21 Å². The minimum Gasteiger partial charge on any atom is -0.419 e. The molecule has 2 atom stereocenters. The number of rotatable bonds is 6. The first-order valence-corrected chi connectivity index (χ1v) is 11.3. The smallest absolute Gasteiger partial charge is 0.253 e. The molecule has 1 saturated carbocycles. The van der Waals surface area contributed by atoms with E-state index in [1.807, 2.05) is 42.6 Å². The highest BCUT2D eigenvalue weighted by atomic mass is 32.1. The first-order valence-electron chi connectivity index (χ1n) is 10.4. The van der Waals surface area contributed by atoms with Gasteiger partial charge < -0.3 is 15.1 Å². The predicted molar refractivity (Wildman–Crippen MR) is 122 cm³/mol. The van der Waals surface area contributed by atoms with Crippen LogP contribution >= 0.6 is 11.3 Å². The van der Waals surface area contributed by atoms with Gasteiger partial charge in [0.2, 0.25) is 11.8 Å². The van der Waals surface area contributed by atoms with Crippen LogP contribution in [0.5, 0.6) is 0 Å². The SMILES string of the molecule is Cc1csc(CN(C)C(=O)c2cccc(-c3nnc([C@@]4(N)C[C@H]4c4ccccc4)o3)c2)n1. The first kappa shape index (κ1) is 20.5. The van der Waals surface area contributed by atoms with Crippen LogP contribution < -0.4 is 5.73 Å². The summed E-state index contributed by atoms with van der Waals surface area (Å²) < 4.78 is 5.96. The Morgan fingerprint density at radius 3 is 2.78 bits per heavy atom. The number of thiazole rings is 1. The molecule has 1 aliphatic carbocycles. The molecule has 2 aromatic heterocycles. The molecule has 4 aromatic rings. The van der Waals surface area contributed by atoms with Crippen LogP contribution in [-0.2, 0) is 12.1 Å². The lowest BCUT2D eigenvalue weighted by molar-refractivity contribution is 0.0785. The average Bonchev–Trinajstić information content (AvgIpc) is 3.14. The minimum absolute atomic E-state index is 0.0962. The summed E-state index contributed by atoms with van der Waals surface area (Å²) in [6.45, 7) is 2.40. The van der Waals surface area contributed by atoms with E-state index in [1.165, 1.54) is 5.56 Å². The van der Waals surface area contributed by atoms with Gasteiger partial charge in [-0.25, -0.2) is 4.98 Å². The third kappa shape index (κ3) is 3.83. The standard InChI is InChI=1S/C24H23N5O2S/c1-15-14-32-20(26-15)13-29(2)22(30)18-10-6-9-17(11-18)21-27-28-23(31-21)24(25)12-19(24)16-7-4-3-5-8-16/h3-11,14,19H,12-13,25H2,1-2H3/t19-,24+/m0/s1. The zero-order chi connectivity index (χ0) is 22.3. The van der Waals surface area contributed by atoms with Gasteiger partial charge in [0, 0.05) is 35.2 Å². The zero-order valence-corrected chi connectivity index (χ0v) is 18.7. The molecule has 162 valence electrons. The molecule has 32 heavy (non-hydrogen) atoms. The maximum Gasteiger partial charge on any atom is 0.253 e. The Hall–Kier alpha value is -3.36. The van der Waals surface area contributed by atoms with E-state index in [4.69, 9.17) is 10.2 Å². The monoisotopic (exact) mass is 445 g/mol. The van der Waals surface area contributed by atoms with Crippen molar-refractivity contribution in [2.45, 2.75) is 31.3 Å². The van der Waals surface area contributed by atoms with Crippen LogP contribution in [-0.4, -0.2) is 33.0 Å². The number of hydrogen-bond donors (Lipinski definition) is 1.